The number of nitrogens with zero attached hydrogens (tertiary/aromatic N) is 3. The summed E-state index contributed by atoms with van der Waals surface area (Å²) in [6.07, 6.45) is 4.75. The number of rotatable bonds is 7. The van der Waals surface area contributed by atoms with Gasteiger partial charge in [0, 0.05) is 41.0 Å². The predicted molar refractivity (Wildman–Crippen MR) is 117 cm³/mol. The molecule has 0 radical (unpaired) electrons. The molecule has 0 spiro atoms. The van der Waals surface area contributed by atoms with E-state index in [9.17, 15) is 9.18 Å². The first kappa shape index (κ1) is 19.2. The second-order valence-corrected chi connectivity index (χ2v) is 8.51. The Balaban J connectivity index is 1.38. The minimum absolute atomic E-state index is 0.101. The molecule has 0 atom stereocenters. The monoisotopic (exact) mass is 424 g/mol. The third-order valence-corrected chi connectivity index (χ3v) is 5.80. The van der Waals surface area contributed by atoms with Gasteiger partial charge in [-0.2, -0.15) is 0 Å². The molecule has 1 amide bonds. The van der Waals surface area contributed by atoms with E-state index in [2.05, 4.69) is 10.2 Å². The number of aromatic nitrogens is 2. The first-order chi connectivity index (χ1) is 14.6. The second kappa shape index (κ2) is 7.84. The Hall–Kier alpha value is -2.73. The highest BCUT2D eigenvalue weighted by Gasteiger charge is 2.33. The van der Waals surface area contributed by atoms with Crippen LogP contribution in [-0.4, -0.2) is 28.5 Å². The lowest BCUT2D eigenvalue weighted by atomic mass is 10.2. The Morgan fingerprint density at radius 3 is 2.57 bits per heavy atom. The average Bonchev–Trinajstić information content (AvgIpc) is 3.62. The van der Waals surface area contributed by atoms with Crippen molar-refractivity contribution in [1.82, 2.24) is 9.97 Å². The second-order valence-electron chi connectivity index (χ2n) is 8.07. The molecule has 2 aliphatic rings. The smallest absolute Gasteiger partial charge is 0.226 e. The topological polar surface area (TPSA) is 58.1 Å². The minimum atomic E-state index is -0.324. The van der Waals surface area contributed by atoms with E-state index in [0.29, 0.717) is 35.6 Å². The van der Waals surface area contributed by atoms with Gasteiger partial charge in [0.15, 0.2) is 0 Å². The fourth-order valence-corrected chi connectivity index (χ4v) is 3.84. The number of nitrogens with one attached hydrogen (secondary N) is 1. The highest BCUT2D eigenvalue weighted by Crippen LogP contribution is 2.41. The van der Waals surface area contributed by atoms with Gasteiger partial charge in [-0.25, -0.2) is 14.4 Å². The molecular weight excluding hydrogens is 403 g/mol. The first-order valence-electron chi connectivity index (χ1n) is 10.4. The zero-order chi connectivity index (χ0) is 20.7. The highest BCUT2D eigenvalue weighted by atomic mass is 35.5. The van der Waals surface area contributed by atoms with E-state index in [0.717, 1.165) is 48.2 Å². The third-order valence-electron chi connectivity index (χ3n) is 5.57. The maximum atomic E-state index is 13.1. The Labute approximate surface area is 179 Å². The molecular formula is C23H22ClFN4O. The number of amides is 1. The van der Waals surface area contributed by atoms with Crippen LogP contribution in [0.3, 0.4) is 0 Å². The van der Waals surface area contributed by atoms with Crippen molar-refractivity contribution in [3.8, 4) is 0 Å². The van der Waals surface area contributed by atoms with E-state index in [-0.39, 0.29) is 11.7 Å². The van der Waals surface area contributed by atoms with E-state index in [1.807, 2.05) is 18.2 Å². The summed E-state index contributed by atoms with van der Waals surface area (Å²) in [6, 6.07) is 11.9. The molecule has 2 aliphatic carbocycles. The number of benzene rings is 2. The molecule has 5 nitrogen and oxygen atoms in total. The summed E-state index contributed by atoms with van der Waals surface area (Å²) in [4.78, 5) is 24.4. The number of carbonyl (C=O) groups is 1. The number of hydrogen-bond donors (Lipinski definition) is 1. The fourth-order valence-electron chi connectivity index (χ4n) is 3.67. The van der Waals surface area contributed by atoms with Crippen LogP contribution in [0.25, 0.3) is 10.9 Å². The van der Waals surface area contributed by atoms with Crippen LogP contribution in [0.2, 0.25) is 5.02 Å². The molecule has 154 valence electrons. The van der Waals surface area contributed by atoms with Crippen molar-refractivity contribution >= 4 is 39.9 Å². The molecule has 0 bridgehead atoms. The molecule has 1 aromatic heterocycles. The Morgan fingerprint density at radius 1 is 1.10 bits per heavy atom. The quantitative estimate of drug-likeness (QED) is 0.559. The molecule has 0 saturated heterocycles. The van der Waals surface area contributed by atoms with E-state index < -0.39 is 0 Å². The van der Waals surface area contributed by atoms with Gasteiger partial charge in [0.1, 0.15) is 17.5 Å². The van der Waals surface area contributed by atoms with Gasteiger partial charge in [-0.3, -0.25) is 4.79 Å². The first-order valence-corrected chi connectivity index (χ1v) is 10.7. The third kappa shape index (κ3) is 4.24. The van der Waals surface area contributed by atoms with Crippen molar-refractivity contribution in [2.45, 2.75) is 44.1 Å². The Kier molecular flexibility index (Phi) is 5.03. The molecule has 2 saturated carbocycles. The zero-order valence-electron chi connectivity index (χ0n) is 16.4. The molecule has 7 heteroatoms. The lowest BCUT2D eigenvalue weighted by Crippen LogP contribution is -2.31. The Morgan fingerprint density at radius 2 is 1.87 bits per heavy atom. The molecule has 0 aliphatic heterocycles. The zero-order valence-corrected chi connectivity index (χ0v) is 17.2. The van der Waals surface area contributed by atoms with Crippen molar-refractivity contribution in [2.75, 3.05) is 16.8 Å². The molecule has 2 fully saturated rings. The summed E-state index contributed by atoms with van der Waals surface area (Å²) in [7, 11) is 0. The van der Waals surface area contributed by atoms with E-state index in [1.165, 1.54) is 12.1 Å². The van der Waals surface area contributed by atoms with Gasteiger partial charge < -0.3 is 10.2 Å². The van der Waals surface area contributed by atoms with Crippen LogP contribution < -0.4 is 10.2 Å². The Bertz CT molecular complexity index is 1100. The molecule has 3 aromatic rings. The summed E-state index contributed by atoms with van der Waals surface area (Å²) < 4.78 is 13.1. The van der Waals surface area contributed by atoms with Gasteiger partial charge in [0.05, 0.1) is 5.52 Å². The maximum Gasteiger partial charge on any atom is 0.226 e. The standard InChI is InChI=1S/C23H22ClFN4O/c24-15-3-10-19-20(13-15)27-22(14-1-2-14)28-23(19)29(18-8-9-18)12-11-21(30)26-17-6-4-16(25)5-7-17/h3-7,10,13-14,18H,1-2,8-9,11-12H2,(H,26,30). The number of carbonyl (C=O) groups excluding carboxylic acids is 1. The summed E-state index contributed by atoms with van der Waals surface area (Å²) in [6.45, 7) is 0.566. The van der Waals surface area contributed by atoms with E-state index >= 15 is 0 Å². The van der Waals surface area contributed by atoms with Gasteiger partial charge in [0.25, 0.3) is 0 Å². The molecule has 0 unspecified atom stereocenters. The van der Waals surface area contributed by atoms with Crippen LogP contribution in [0.5, 0.6) is 0 Å². The van der Waals surface area contributed by atoms with E-state index in [4.69, 9.17) is 21.6 Å². The van der Waals surface area contributed by atoms with Crippen LogP contribution in [0.15, 0.2) is 42.5 Å². The minimum Gasteiger partial charge on any atom is -0.352 e. The molecule has 1 N–H and O–H groups in total. The maximum absolute atomic E-state index is 13.1. The van der Waals surface area contributed by atoms with Gasteiger partial charge in [0.2, 0.25) is 5.91 Å². The highest BCUT2D eigenvalue weighted by molar-refractivity contribution is 6.31. The lowest BCUT2D eigenvalue weighted by Gasteiger charge is -2.25. The number of halogens is 2. The average molecular weight is 425 g/mol. The predicted octanol–water partition coefficient (Wildman–Crippen LogP) is 5.30. The van der Waals surface area contributed by atoms with Gasteiger partial charge in [-0.15, -0.1) is 0 Å². The fraction of sp³-hybridized carbons (Fsp3) is 0.348. The van der Waals surface area contributed by atoms with Gasteiger partial charge >= 0.3 is 0 Å². The SMILES string of the molecule is O=C(CCN(c1nc(C2CC2)nc2cc(Cl)ccc12)C1CC1)Nc1ccc(F)cc1. The van der Waals surface area contributed by atoms with Crippen LogP contribution in [0, 0.1) is 5.82 Å². The van der Waals surface area contributed by atoms with Crippen molar-refractivity contribution < 1.29 is 9.18 Å². The van der Waals surface area contributed by atoms with Crippen molar-refractivity contribution in [1.29, 1.82) is 0 Å². The number of anilines is 2. The molecule has 30 heavy (non-hydrogen) atoms. The largest absolute Gasteiger partial charge is 0.352 e. The van der Waals surface area contributed by atoms with Crippen molar-refractivity contribution in [2.24, 2.45) is 0 Å². The summed E-state index contributed by atoms with van der Waals surface area (Å²) >= 11 is 6.21. The van der Waals surface area contributed by atoms with Crippen LogP contribution in [-0.2, 0) is 4.79 Å². The lowest BCUT2D eigenvalue weighted by molar-refractivity contribution is -0.116. The summed E-state index contributed by atoms with van der Waals surface area (Å²) in [5.74, 6) is 1.78. The van der Waals surface area contributed by atoms with Crippen LogP contribution in [0.1, 0.15) is 43.8 Å². The van der Waals surface area contributed by atoms with Crippen molar-refractivity contribution in [3.63, 3.8) is 0 Å². The van der Waals surface area contributed by atoms with Crippen LogP contribution in [0.4, 0.5) is 15.9 Å². The number of fused-ring (bicyclic) bond motifs is 1. The summed E-state index contributed by atoms with van der Waals surface area (Å²) in [5.41, 5.74) is 1.45. The molecule has 5 rings (SSSR count). The molecule has 1 heterocycles. The number of hydrogen-bond acceptors (Lipinski definition) is 4. The van der Waals surface area contributed by atoms with Crippen LogP contribution >= 0.6 is 11.6 Å². The molecule has 2 aromatic carbocycles. The van der Waals surface area contributed by atoms with Gasteiger partial charge in [-0.05, 0) is 68.1 Å². The normalized spacial score (nSPS) is 15.9. The summed E-state index contributed by atoms with van der Waals surface area (Å²) in [5, 5.41) is 4.46. The van der Waals surface area contributed by atoms with Gasteiger partial charge in [-0.1, -0.05) is 11.6 Å². The van der Waals surface area contributed by atoms with E-state index in [1.54, 1.807) is 12.1 Å². The van der Waals surface area contributed by atoms with Crippen molar-refractivity contribution in [3.05, 3.63) is 59.1 Å².